The molecule has 0 aliphatic carbocycles. The lowest BCUT2D eigenvalue weighted by Crippen LogP contribution is -2.39. The standard InChI is InChI=1S/C21H30N4.HI/c1-5-23-20(24-14-12-18-11-13-22-15-17(18)2)25-16-21(3,4)19-9-7-6-8-10-19;/h6-11,13,15H,5,12,14,16H2,1-4H3,(H2,23,24,25);1H. The summed E-state index contributed by atoms with van der Waals surface area (Å²) >= 11 is 0. The number of aromatic nitrogens is 1. The summed E-state index contributed by atoms with van der Waals surface area (Å²) in [7, 11) is 0. The summed E-state index contributed by atoms with van der Waals surface area (Å²) in [6.45, 7) is 11.1. The third-order valence-corrected chi connectivity index (χ3v) is 4.36. The Hall–Kier alpha value is -1.63. The Kier molecular flexibility index (Phi) is 9.62. The molecule has 1 aromatic heterocycles. The molecule has 1 heterocycles. The number of aliphatic imine (C=N–C) groups is 1. The molecule has 0 saturated heterocycles. The number of hydrogen-bond donors (Lipinski definition) is 2. The summed E-state index contributed by atoms with van der Waals surface area (Å²) in [6.07, 6.45) is 4.72. The maximum atomic E-state index is 4.80. The average Bonchev–Trinajstić information content (AvgIpc) is 2.62. The lowest BCUT2D eigenvalue weighted by Gasteiger charge is -2.24. The van der Waals surface area contributed by atoms with Gasteiger partial charge in [-0.1, -0.05) is 44.2 Å². The van der Waals surface area contributed by atoms with Crippen LogP contribution in [0.25, 0.3) is 0 Å². The molecule has 2 N–H and O–H groups in total. The van der Waals surface area contributed by atoms with E-state index in [1.165, 1.54) is 16.7 Å². The minimum Gasteiger partial charge on any atom is -0.357 e. The van der Waals surface area contributed by atoms with Crippen LogP contribution in [0.15, 0.2) is 53.8 Å². The van der Waals surface area contributed by atoms with Crippen molar-refractivity contribution in [2.45, 2.75) is 39.5 Å². The quantitative estimate of drug-likeness (QED) is 0.367. The first kappa shape index (κ1) is 22.4. The summed E-state index contributed by atoms with van der Waals surface area (Å²) in [6, 6.07) is 12.6. The van der Waals surface area contributed by atoms with E-state index in [2.05, 4.69) is 79.7 Å². The fraction of sp³-hybridized carbons (Fsp3) is 0.429. The van der Waals surface area contributed by atoms with Crippen LogP contribution in [0.2, 0.25) is 0 Å². The number of benzene rings is 1. The van der Waals surface area contributed by atoms with E-state index in [0.29, 0.717) is 0 Å². The molecule has 0 radical (unpaired) electrons. The Morgan fingerprint density at radius 1 is 1.12 bits per heavy atom. The summed E-state index contributed by atoms with van der Waals surface area (Å²) in [5.74, 6) is 0.873. The van der Waals surface area contributed by atoms with Crippen molar-refractivity contribution in [3.63, 3.8) is 0 Å². The van der Waals surface area contributed by atoms with E-state index >= 15 is 0 Å². The SMILES string of the molecule is CCNC(=NCC(C)(C)c1ccccc1)NCCc1ccncc1C.I. The van der Waals surface area contributed by atoms with Crippen LogP contribution in [0, 0.1) is 6.92 Å². The van der Waals surface area contributed by atoms with Crippen molar-refractivity contribution in [3.05, 3.63) is 65.5 Å². The molecule has 142 valence electrons. The Morgan fingerprint density at radius 2 is 1.85 bits per heavy atom. The van der Waals surface area contributed by atoms with Crippen LogP contribution in [0.3, 0.4) is 0 Å². The number of guanidine groups is 1. The van der Waals surface area contributed by atoms with E-state index in [-0.39, 0.29) is 29.4 Å². The van der Waals surface area contributed by atoms with Gasteiger partial charge in [-0.2, -0.15) is 0 Å². The number of rotatable bonds is 7. The monoisotopic (exact) mass is 466 g/mol. The van der Waals surface area contributed by atoms with Crippen LogP contribution >= 0.6 is 24.0 Å². The van der Waals surface area contributed by atoms with Gasteiger partial charge in [-0.15, -0.1) is 24.0 Å². The number of nitrogens with zero attached hydrogens (tertiary/aromatic N) is 2. The highest BCUT2D eigenvalue weighted by molar-refractivity contribution is 14.0. The minimum atomic E-state index is 0. The Balaban J connectivity index is 0.00000338. The van der Waals surface area contributed by atoms with Gasteiger partial charge in [0.1, 0.15) is 0 Å². The van der Waals surface area contributed by atoms with Crippen molar-refractivity contribution in [1.29, 1.82) is 0 Å². The van der Waals surface area contributed by atoms with E-state index in [9.17, 15) is 0 Å². The molecular formula is C21H31IN4. The predicted octanol–water partition coefficient (Wildman–Crippen LogP) is 4.08. The third-order valence-electron chi connectivity index (χ3n) is 4.36. The molecule has 0 atom stereocenters. The maximum absolute atomic E-state index is 4.80. The van der Waals surface area contributed by atoms with E-state index in [0.717, 1.165) is 32.0 Å². The smallest absolute Gasteiger partial charge is 0.191 e. The number of hydrogen-bond acceptors (Lipinski definition) is 2. The zero-order valence-corrected chi connectivity index (χ0v) is 18.6. The average molecular weight is 466 g/mol. The predicted molar refractivity (Wildman–Crippen MR) is 122 cm³/mol. The van der Waals surface area contributed by atoms with Crippen molar-refractivity contribution < 1.29 is 0 Å². The number of pyridine rings is 1. The van der Waals surface area contributed by atoms with Crippen LogP contribution in [-0.4, -0.2) is 30.6 Å². The number of halogens is 1. The fourth-order valence-corrected chi connectivity index (χ4v) is 2.70. The van der Waals surface area contributed by atoms with Gasteiger partial charge in [-0.25, -0.2) is 0 Å². The van der Waals surface area contributed by atoms with Crippen LogP contribution in [-0.2, 0) is 11.8 Å². The van der Waals surface area contributed by atoms with Gasteiger partial charge < -0.3 is 10.6 Å². The molecule has 2 rings (SSSR count). The molecule has 5 heteroatoms. The molecule has 0 bridgehead atoms. The number of aryl methyl sites for hydroxylation is 1. The first-order chi connectivity index (χ1) is 12.0. The van der Waals surface area contributed by atoms with Crippen molar-refractivity contribution in [1.82, 2.24) is 15.6 Å². The first-order valence-electron chi connectivity index (χ1n) is 9.00. The van der Waals surface area contributed by atoms with Crippen molar-refractivity contribution >= 4 is 29.9 Å². The van der Waals surface area contributed by atoms with Gasteiger partial charge in [-0.05, 0) is 43.0 Å². The summed E-state index contributed by atoms with van der Waals surface area (Å²) in [5, 5.41) is 6.77. The second-order valence-corrected chi connectivity index (χ2v) is 6.92. The zero-order valence-electron chi connectivity index (χ0n) is 16.2. The van der Waals surface area contributed by atoms with Crippen LogP contribution < -0.4 is 10.6 Å². The van der Waals surface area contributed by atoms with E-state index in [1.807, 2.05) is 12.4 Å². The Labute approximate surface area is 174 Å². The van der Waals surface area contributed by atoms with Crippen LogP contribution in [0.4, 0.5) is 0 Å². The molecule has 0 aliphatic rings. The van der Waals surface area contributed by atoms with E-state index in [1.54, 1.807) is 0 Å². The molecule has 0 spiro atoms. The van der Waals surface area contributed by atoms with Gasteiger partial charge in [0.15, 0.2) is 5.96 Å². The van der Waals surface area contributed by atoms with Crippen molar-refractivity contribution in [2.24, 2.45) is 4.99 Å². The molecule has 2 aromatic rings. The molecule has 1 aromatic carbocycles. The molecule has 0 saturated carbocycles. The lowest BCUT2D eigenvalue weighted by molar-refractivity contribution is 0.537. The lowest BCUT2D eigenvalue weighted by atomic mass is 9.85. The molecule has 0 unspecified atom stereocenters. The zero-order chi connectivity index (χ0) is 18.1. The molecular weight excluding hydrogens is 435 g/mol. The van der Waals surface area contributed by atoms with Gasteiger partial charge in [0.2, 0.25) is 0 Å². The maximum Gasteiger partial charge on any atom is 0.191 e. The highest BCUT2D eigenvalue weighted by atomic mass is 127. The summed E-state index contributed by atoms with van der Waals surface area (Å²) < 4.78 is 0. The normalized spacial score (nSPS) is 11.6. The molecule has 0 amide bonds. The summed E-state index contributed by atoms with van der Waals surface area (Å²) in [4.78, 5) is 8.94. The first-order valence-corrected chi connectivity index (χ1v) is 9.00. The van der Waals surface area contributed by atoms with Crippen LogP contribution in [0.5, 0.6) is 0 Å². The molecule has 4 nitrogen and oxygen atoms in total. The van der Waals surface area contributed by atoms with Crippen LogP contribution in [0.1, 0.15) is 37.5 Å². The highest BCUT2D eigenvalue weighted by Gasteiger charge is 2.19. The second-order valence-electron chi connectivity index (χ2n) is 6.92. The molecule has 26 heavy (non-hydrogen) atoms. The minimum absolute atomic E-state index is 0. The highest BCUT2D eigenvalue weighted by Crippen LogP contribution is 2.22. The van der Waals surface area contributed by atoms with E-state index < -0.39 is 0 Å². The topological polar surface area (TPSA) is 49.3 Å². The Bertz CT molecular complexity index is 683. The van der Waals surface area contributed by atoms with E-state index in [4.69, 9.17) is 4.99 Å². The van der Waals surface area contributed by atoms with Crippen molar-refractivity contribution in [3.8, 4) is 0 Å². The van der Waals surface area contributed by atoms with Gasteiger partial charge >= 0.3 is 0 Å². The van der Waals surface area contributed by atoms with Crippen molar-refractivity contribution in [2.75, 3.05) is 19.6 Å². The molecule has 0 aliphatic heterocycles. The summed E-state index contributed by atoms with van der Waals surface area (Å²) in [5.41, 5.74) is 3.87. The van der Waals surface area contributed by atoms with Gasteiger partial charge in [0.05, 0.1) is 6.54 Å². The second kappa shape index (κ2) is 11.2. The van der Waals surface area contributed by atoms with Gasteiger partial charge in [0.25, 0.3) is 0 Å². The number of nitrogens with one attached hydrogen (secondary N) is 2. The van der Waals surface area contributed by atoms with Gasteiger partial charge in [0, 0.05) is 30.9 Å². The van der Waals surface area contributed by atoms with Gasteiger partial charge in [-0.3, -0.25) is 9.98 Å². The third kappa shape index (κ3) is 6.94. The fourth-order valence-electron chi connectivity index (χ4n) is 2.70. The largest absolute Gasteiger partial charge is 0.357 e. The molecule has 0 fully saturated rings. The Morgan fingerprint density at radius 3 is 2.50 bits per heavy atom.